The zero-order valence-electron chi connectivity index (χ0n) is 27.0. The molecule has 0 saturated heterocycles. The zero-order valence-corrected chi connectivity index (χ0v) is 27.0. The van der Waals surface area contributed by atoms with E-state index in [0.29, 0.717) is 35.2 Å². The fraction of sp³-hybridized carbons (Fsp3) is 0.294. The summed E-state index contributed by atoms with van der Waals surface area (Å²) in [6, 6.07) is 19.4. The van der Waals surface area contributed by atoms with E-state index in [1.807, 2.05) is 94.4 Å². The van der Waals surface area contributed by atoms with E-state index in [4.69, 9.17) is 25.1 Å². The van der Waals surface area contributed by atoms with Crippen LogP contribution < -0.4 is 31.2 Å². The zero-order chi connectivity index (χ0) is 35.6. The number of pyridine rings is 1. The number of hydrogen-bond donors (Lipinski definition) is 5. The highest BCUT2D eigenvalue weighted by Crippen LogP contribution is 2.34. The van der Waals surface area contributed by atoms with Gasteiger partial charge in [-0.3, -0.25) is 9.59 Å². The van der Waals surface area contributed by atoms with Crippen molar-refractivity contribution in [2.75, 3.05) is 23.0 Å². The molecule has 2 atom stereocenters. The number of carbonyl (C=O) groups is 3. The monoisotopic (exact) mass is 669 g/mol. The summed E-state index contributed by atoms with van der Waals surface area (Å²) in [5.74, 6) is -1.54. The largest absolute Gasteiger partial charge is 0.490 e. The van der Waals surface area contributed by atoms with Gasteiger partial charge in [-0.05, 0) is 92.7 Å². The summed E-state index contributed by atoms with van der Waals surface area (Å²) in [5.41, 5.74) is 9.01. The van der Waals surface area contributed by atoms with Crippen molar-refractivity contribution in [1.29, 1.82) is 0 Å². The van der Waals surface area contributed by atoms with Crippen LogP contribution in [0.15, 0.2) is 72.9 Å². The molecule has 2 unspecified atom stereocenters. The Balaban J connectivity index is 0.000000804. The molecule has 0 aliphatic rings. The molecule has 1 aromatic heterocycles. The Morgan fingerprint density at radius 3 is 2.27 bits per heavy atom. The first-order chi connectivity index (χ1) is 22.6. The van der Waals surface area contributed by atoms with Gasteiger partial charge in [0.15, 0.2) is 11.5 Å². The van der Waals surface area contributed by atoms with Crippen LogP contribution in [-0.2, 0) is 14.4 Å². The molecule has 2 amide bonds. The topological polar surface area (TPSA) is 165 Å². The smallest absolute Gasteiger partial charge is 0.490 e. The lowest BCUT2D eigenvalue weighted by Gasteiger charge is -2.24. The Morgan fingerprint density at radius 2 is 1.65 bits per heavy atom. The van der Waals surface area contributed by atoms with Crippen molar-refractivity contribution in [3.63, 3.8) is 0 Å². The van der Waals surface area contributed by atoms with Crippen molar-refractivity contribution in [3.8, 4) is 11.5 Å². The maximum absolute atomic E-state index is 13.9. The lowest BCUT2D eigenvalue weighted by molar-refractivity contribution is -0.192. The number of nitrogens with one attached hydrogen (secondary N) is 3. The van der Waals surface area contributed by atoms with E-state index >= 15 is 0 Å². The van der Waals surface area contributed by atoms with Gasteiger partial charge in [-0.1, -0.05) is 18.2 Å². The molecule has 0 aliphatic heterocycles. The maximum Gasteiger partial charge on any atom is 0.490 e. The van der Waals surface area contributed by atoms with E-state index in [1.54, 1.807) is 6.20 Å². The number of aromatic nitrogens is 1. The van der Waals surface area contributed by atoms with Crippen molar-refractivity contribution < 1.29 is 42.1 Å². The predicted molar refractivity (Wildman–Crippen MR) is 177 cm³/mol. The number of hydrogen-bond acceptors (Lipinski definition) is 8. The number of carboxylic acid groups (broad SMARTS) is 1. The number of nitrogens with two attached hydrogens (primary N) is 1. The molecule has 1 heterocycles. The van der Waals surface area contributed by atoms with Crippen LogP contribution in [0, 0.1) is 0 Å². The SMILES string of the molecule is CCOc1cc(C(Nc2ccc3c(N)nccc3c2)C(=O)NC(C)c2cccc(NC(C)=O)c2)ccc1OC(C)C.O=C(O)C(F)(F)F. The van der Waals surface area contributed by atoms with E-state index in [2.05, 4.69) is 20.9 Å². The van der Waals surface area contributed by atoms with Gasteiger partial charge in [0.1, 0.15) is 11.9 Å². The number of nitrogen functional groups attached to an aromatic ring is 1. The van der Waals surface area contributed by atoms with Gasteiger partial charge in [-0.25, -0.2) is 9.78 Å². The molecule has 4 rings (SSSR count). The third kappa shape index (κ3) is 10.5. The number of carboxylic acids is 1. The summed E-state index contributed by atoms with van der Waals surface area (Å²) in [6.45, 7) is 9.61. The molecule has 0 spiro atoms. The minimum Gasteiger partial charge on any atom is -0.490 e. The lowest BCUT2D eigenvalue weighted by atomic mass is 10.0. The second kappa shape index (κ2) is 16.3. The molecule has 48 heavy (non-hydrogen) atoms. The molecule has 6 N–H and O–H groups in total. The first-order valence-electron chi connectivity index (χ1n) is 14.9. The maximum atomic E-state index is 13.9. The molecule has 0 saturated carbocycles. The number of fused-ring (bicyclic) bond motifs is 1. The van der Waals surface area contributed by atoms with E-state index in [9.17, 15) is 22.8 Å². The molecule has 0 bridgehead atoms. The van der Waals surface area contributed by atoms with Crippen molar-refractivity contribution in [2.24, 2.45) is 0 Å². The summed E-state index contributed by atoms with van der Waals surface area (Å²) >= 11 is 0. The van der Waals surface area contributed by atoms with Crippen LogP contribution in [-0.4, -0.2) is 46.8 Å². The van der Waals surface area contributed by atoms with E-state index in [1.165, 1.54) is 6.92 Å². The Bertz CT molecular complexity index is 1750. The number of anilines is 3. The van der Waals surface area contributed by atoms with Gasteiger partial charge in [0.2, 0.25) is 11.8 Å². The van der Waals surface area contributed by atoms with Crippen LogP contribution in [0.3, 0.4) is 0 Å². The van der Waals surface area contributed by atoms with Crippen LogP contribution in [0.2, 0.25) is 0 Å². The molecule has 4 aromatic rings. The average Bonchev–Trinajstić information content (AvgIpc) is 3.00. The first kappa shape index (κ1) is 36.9. The summed E-state index contributed by atoms with van der Waals surface area (Å²) in [4.78, 5) is 38.5. The highest BCUT2D eigenvalue weighted by molar-refractivity contribution is 5.94. The third-order valence-corrected chi connectivity index (χ3v) is 6.64. The molecule has 0 radical (unpaired) electrons. The van der Waals surface area contributed by atoms with Crippen LogP contribution in [0.1, 0.15) is 57.8 Å². The average molecular weight is 670 g/mol. The first-order valence-corrected chi connectivity index (χ1v) is 14.9. The Hall–Kier alpha value is -5.53. The van der Waals surface area contributed by atoms with Crippen LogP contribution in [0.4, 0.5) is 30.4 Å². The predicted octanol–water partition coefficient (Wildman–Crippen LogP) is 6.63. The minimum absolute atomic E-state index is 0.0362. The summed E-state index contributed by atoms with van der Waals surface area (Å²) in [5, 5.41) is 18.2. The number of benzene rings is 3. The quantitative estimate of drug-likeness (QED) is 0.118. The van der Waals surface area contributed by atoms with E-state index < -0.39 is 18.2 Å². The number of halogens is 3. The number of ether oxygens (including phenoxy) is 2. The Morgan fingerprint density at radius 1 is 0.938 bits per heavy atom. The van der Waals surface area contributed by atoms with E-state index in [-0.39, 0.29) is 24.0 Å². The molecule has 0 aliphatic carbocycles. The number of alkyl halides is 3. The van der Waals surface area contributed by atoms with Gasteiger partial charge in [0.25, 0.3) is 0 Å². The molecule has 256 valence electrons. The van der Waals surface area contributed by atoms with Crippen molar-refractivity contribution in [3.05, 3.63) is 84.1 Å². The second-order valence-corrected chi connectivity index (χ2v) is 10.9. The third-order valence-electron chi connectivity index (χ3n) is 6.64. The van der Waals surface area contributed by atoms with Gasteiger partial charge in [0.05, 0.1) is 18.8 Å². The standard InChI is InChI=1S/C32H37N5O4.C2HF3O2/c1-6-40-29-18-24(10-13-28(29)41-19(2)3)30(37-26-11-12-27-23(17-26)14-15-34-31(27)33)32(39)35-20(4)22-8-7-9-25(16-22)36-21(5)38;3-2(4,5)1(6)7/h7-20,30,37H,6H2,1-5H3,(H2,33,34)(H,35,39)(H,36,38);(H,6,7). The summed E-state index contributed by atoms with van der Waals surface area (Å²) in [7, 11) is 0. The van der Waals surface area contributed by atoms with Gasteiger partial charge in [0, 0.05) is 29.9 Å². The van der Waals surface area contributed by atoms with Crippen molar-refractivity contribution in [2.45, 2.75) is 59.0 Å². The molecule has 0 fully saturated rings. The van der Waals surface area contributed by atoms with Gasteiger partial charge >= 0.3 is 12.1 Å². The number of nitrogens with zero attached hydrogens (tertiary/aromatic N) is 1. The number of rotatable bonds is 11. The molecular formula is C34H38F3N5O6. The lowest BCUT2D eigenvalue weighted by Crippen LogP contribution is -2.35. The van der Waals surface area contributed by atoms with Crippen LogP contribution in [0.5, 0.6) is 11.5 Å². The number of carbonyl (C=O) groups excluding carboxylic acids is 2. The highest BCUT2D eigenvalue weighted by atomic mass is 19.4. The normalized spacial score (nSPS) is 12.3. The Kier molecular flexibility index (Phi) is 12.6. The molecular weight excluding hydrogens is 631 g/mol. The minimum atomic E-state index is -5.08. The highest BCUT2D eigenvalue weighted by Gasteiger charge is 2.38. The fourth-order valence-electron chi connectivity index (χ4n) is 4.55. The Labute approximate surface area is 275 Å². The van der Waals surface area contributed by atoms with Gasteiger partial charge in [-0.15, -0.1) is 0 Å². The van der Waals surface area contributed by atoms with E-state index in [0.717, 1.165) is 22.0 Å². The number of aliphatic carboxylic acids is 1. The van der Waals surface area contributed by atoms with Crippen molar-refractivity contribution >= 4 is 45.7 Å². The second-order valence-electron chi connectivity index (χ2n) is 10.9. The van der Waals surface area contributed by atoms with Gasteiger partial charge < -0.3 is 36.3 Å². The van der Waals surface area contributed by atoms with Crippen LogP contribution in [0.25, 0.3) is 10.8 Å². The summed E-state index contributed by atoms with van der Waals surface area (Å²) in [6.07, 6.45) is -3.46. The van der Waals surface area contributed by atoms with Gasteiger partial charge in [-0.2, -0.15) is 13.2 Å². The number of amides is 2. The molecule has 14 heteroatoms. The fourth-order valence-corrected chi connectivity index (χ4v) is 4.55. The van der Waals surface area contributed by atoms with Crippen LogP contribution >= 0.6 is 0 Å². The van der Waals surface area contributed by atoms with Crippen molar-refractivity contribution in [1.82, 2.24) is 10.3 Å². The molecule has 11 nitrogen and oxygen atoms in total. The summed E-state index contributed by atoms with van der Waals surface area (Å²) < 4.78 is 43.6. The molecule has 3 aromatic carbocycles.